The third kappa shape index (κ3) is 5.41. The minimum absolute atomic E-state index is 0.156. The molecule has 2 N–H and O–H groups in total. The van der Waals surface area contributed by atoms with Gasteiger partial charge in [0.05, 0.1) is 0 Å². The normalized spacial score (nSPS) is 16.8. The highest BCUT2D eigenvalue weighted by Crippen LogP contribution is 2.22. The van der Waals surface area contributed by atoms with Gasteiger partial charge >= 0.3 is 5.97 Å². The van der Waals surface area contributed by atoms with E-state index < -0.39 is 12.0 Å². The van der Waals surface area contributed by atoms with Crippen LogP contribution in [0.25, 0.3) is 0 Å². The van der Waals surface area contributed by atoms with Gasteiger partial charge in [0.2, 0.25) is 11.9 Å². The Morgan fingerprint density at radius 3 is 2.28 bits per heavy atom. The zero-order valence-corrected chi connectivity index (χ0v) is 15.5. The molecule has 1 unspecified atom stereocenters. The summed E-state index contributed by atoms with van der Waals surface area (Å²) in [5, 5.41) is 12.0. The van der Waals surface area contributed by atoms with Crippen molar-refractivity contribution in [3.63, 3.8) is 0 Å². The van der Waals surface area contributed by atoms with Crippen LogP contribution in [0.3, 0.4) is 0 Å². The maximum atomic E-state index is 12.4. The van der Waals surface area contributed by atoms with Crippen LogP contribution < -0.4 is 10.2 Å². The highest BCUT2D eigenvalue weighted by Gasteiger charge is 2.29. The van der Waals surface area contributed by atoms with Gasteiger partial charge in [-0.15, -0.1) is 0 Å². The van der Waals surface area contributed by atoms with E-state index in [-0.39, 0.29) is 17.7 Å². The largest absolute Gasteiger partial charge is 0.480 e. The smallest absolute Gasteiger partial charge is 0.326 e. The van der Waals surface area contributed by atoms with Crippen LogP contribution in [0.5, 0.6) is 0 Å². The molecule has 138 valence electrons. The summed E-state index contributed by atoms with van der Waals surface area (Å²) in [6.45, 7) is 9.18. The number of hydrogen-bond donors (Lipinski definition) is 2. The number of piperidine rings is 1. The van der Waals surface area contributed by atoms with Crippen LogP contribution in [0.15, 0.2) is 6.07 Å². The molecule has 1 aromatic heterocycles. The van der Waals surface area contributed by atoms with Crippen LogP contribution in [0.2, 0.25) is 0 Å². The van der Waals surface area contributed by atoms with Crippen LogP contribution in [0, 0.1) is 25.7 Å². The Morgan fingerprint density at radius 2 is 1.80 bits per heavy atom. The molecule has 0 aliphatic carbocycles. The van der Waals surface area contributed by atoms with E-state index in [1.54, 1.807) is 0 Å². The van der Waals surface area contributed by atoms with Crippen LogP contribution in [-0.2, 0) is 9.59 Å². The number of amides is 1. The fourth-order valence-electron chi connectivity index (χ4n) is 3.17. The number of nitrogens with one attached hydrogen (secondary N) is 1. The first kappa shape index (κ1) is 19.1. The summed E-state index contributed by atoms with van der Waals surface area (Å²) < 4.78 is 0. The molecule has 0 spiro atoms. The summed E-state index contributed by atoms with van der Waals surface area (Å²) >= 11 is 0. The van der Waals surface area contributed by atoms with Crippen molar-refractivity contribution < 1.29 is 14.7 Å². The van der Waals surface area contributed by atoms with Crippen molar-refractivity contribution in [1.82, 2.24) is 15.3 Å². The van der Waals surface area contributed by atoms with Crippen LogP contribution in [0.1, 0.15) is 44.5 Å². The monoisotopic (exact) mass is 348 g/mol. The molecule has 7 heteroatoms. The summed E-state index contributed by atoms with van der Waals surface area (Å²) in [5.41, 5.74) is 1.86. The third-order valence-electron chi connectivity index (χ3n) is 4.44. The number of carbonyl (C=O) groups excluding carboxylic acids is 1. The molecule has 1 fully saturated rings. The molecule has 1 aromatic rings. The van der Waals surface area contributed by atoms with Gasteiger partial charge in [0.25, 0.3) is 0 Å². The molecular weight excluding hydrogens is 320 g/mol. The van der Waals surface area contributed by atoms with E-state index in [4.69, 9.17) is 0 Å². The lowest BCUT2D eigenvalue weighted by molar-refractivity contribution is -0.143. The molecular formula is C18H28N4O3. The molecule has 0 radical (unpaired) electrons. The molecule has 1 aliphatic heterocycles. The SMILES string of the molecule is Cc1cc(C)nc(N2CCC(C(=O)NC(CC(C)C)C(=O)O)CC2)n1. The lowest BCUT2D eigenvalue weighted by atomic mass is 9.95. The second-order valence-electron chi connectivity index (χ2n) is 7.24. The van der Waals surface area contributed by atoms with Crippen molar-refractivity contribution in [3.05, 3.63) is 17.5 Å². The number of nitrogens with zero attached hydrogens (tertiary/aromatic N) is 3. The van der Waals surface area contributed by atoms with E-state index in [2.05, 4.69) is 20.2 Å². The maximum absolute atomic E-state index is 12.4. The third-order valence-corrected chi connectivity index (χ3v) is 4.44. The number of carboxylic acid groups (broad SMARTS) is 1. The second-order valence-corrected chi connectivity index (χ2v) is 7.24. The molecule has 0 aromatic carbocycles. The molecule has 7 nitrogen and oxygen atoms in total. The van der Waals surface area contributed by atoms with Gasteiger partial charge in [0.1, 0.15) is 6.04 Å². The zero-order valence-electron chi connectivity index (χ0n) is 15.5. The Morgan fingerprint density at radius 1 is 1.24 bits per heavy atom. The molecule has 0 saturated carbocycles. The lowest BCUT2D eigenvalue weighted by Crippen LogP contribution is -2.47. The molecule has 0 bridgehead atoms. The van der Waals surface area contributed by atoms with Crippen LogP contribution in [0.4, 0.5) is 5.95 Å². The van der Waals surface area contributed by atoms with Crippen molar-refractivity contribution in [3.8, 4) is 0 Å². The Kier molecular flexibility index (Phi) is 6.33. The number of aliphatic carboxylic acids is 1. The molecule has 1 aliphatic rings. The number of hydrogen-bond acceptors (Lipinski definition) is 5. The van der Waals surface area contributed by atoms with Crippen LogP contribution in [-0.4, -0.2) is 46.1 Å². The van der Waals surface area contributed by atoms with Gasteiger partial charge in [0, 0.05) is 30.4 Å². The highest BCUT2D eigenvalue weighted by molar-refractivity contribution is 5.85. The summed E-state index contributed by atoms with van der Waals surface area (Å²) in [7, 11) is 0. The minimum Gasteiger partial charge on any atom is -0.480 e. The standard InChI is InChI=1S/C18H28N4O3/c1-11(2)9-15(17(24)25)21-16(23)14-5-7-22(8-6-14)18-19-12(3)10-13(4)20-18/h10-11,14-15H,5-9H2,1-4H3,(H,21,23)(H,24,25). The highest BCUT2D eigenvalue weighted by atomic mass is 16.4. The number of rotatable bonds is 6. The molecule has 1 saturated heterocycles. The molecule has 2 heterocycles. The molecule has 1 atom stereocenters. The lowest BCUT2D eigenvalue weighted by Gasteiger charge is -2.32. The zero-order chi connectivity index (χ0) is 18.6. The van der Waals surface area contributed by atoms with E-state index in [1.165, 1.54) is 0 Å². The minimum atomic E-state index is -0.969. The predicted octanol–water partition coefficient (Wildman–Crippen LogP) is 1.93. The van der Waals surface area contributed by atoms with Crippen molar-refractivity contribution in [2.75, 3.05) is 18.0 Å². The first-order valence-corrected chi connectivity index (χ1v) is 8.86. The number of aryl methyl sites for hydroxylation is 2. The predicted molar refractivity (Wildman–Crippen MR) is 95.5 cm³/mol. The quantitative estimate of drug-likeness (QED) is 0.815. The molecule has 25 heavy (non-hydrogen) atoms. The fraction of sp³-hybridized carbons (Fsp3) is 0.667. The van der Waals surface area contributed by atoms with E-state index in [9.17, 15) is 14.7 Å². The van der Waals surface area contributed by atoms with Gasteiger partial charge in [-0.1, -0.05) is 13.8 Å². The summed E-state index contributed by atoms with van der Waals surface area (Å²) in [6.07, 6.45) is 1.79. The molecule has 2 rings (SSSR count). The average Bonchev–Trinajstić information content (AvgIpc) is 2.53. The fourth-order valence-corrected chi connectivity index (χ4v) is 3.17. The maximum Gasteiger partial charge on any atom is 0.326 e. The van der Waals surface area contributed by atoms with Gasteiger partial charge in [-0.25, -0.2) is 14.8 Å². The van der Waals surface area contributed by atoms with Gasteiger partial charge in [0.15, 0.2) is 0 Å². The Hall–Kier alpha value is -2.18. The van der Waals surface area contributed by atoms with Crippen LogP contribution >= 0.6 is 0 Å². The van der Waals surface area contributed by atoms with Gasteiger partial charge in [-0.05, 0) is 45.1 Å². The van der Waals surface area contributed by atoms with Crippen molar-refractivity contribution in [2.24, 2.45) is 11.8 Å². The first-order chi connectivity index (χ1) is 11.8. The van der Waals surface area contributed by atoms with Gasteiger partial charge < -0.3 is 15.3 Å². The van der Waals surface area contributed by atoms with Gasteiger partial charge in [-0.3, -0.25) is 4.79 Å². The molecule has 1 amide bonds. The summed E-state index contributed by atoms with van der Waals surface area (Å²) in [6, 6.07) is 1.12. The Labute approximate surface area is 148 Å². The average molecular weight is 348 g/mol. The number of carbonyl (C=O) groups is 2. The van der Waals surface area contributed by atoms with E-state index in [0.717, 1.165) is 11.4 Å². The topological polar surface area (TPSA) is 95.4 Å². The second kappa shape index (κ2) is 8.27. The first-order valence-electron chi connectivity index (χ1n) is 8.86. The van der Waals surface area contributed by atoms with E-state index >= 15 is 0 Å². The number of aromatic nitrogens is 2. The number of carboxylic acids is 1. The number of anilines is 1. The van der Waals surface area contributed by atoms with Crippen molar-refractivity contribution in [2.45, 2.75) is 53.0 Å². The van der Waals surface area contributed by atoms with Crippen molar-refractivity contribution >= 4 is 17.8 Å². The van der Waals surface area contributed by atoms with Gasteiger partial charge in [-0.2, -0.15) is 0 Å². The Bertz CT molecular complexity index is 604. The Balaban J connectivity index is 1.92. The van der Waals surface area contributed by atoms with E-state index in [1.807, 2.05) is 33.8 Å². The van der Waals surface area contributed by atoms with E-state index in [0.29, 0.717) is 38.3 Å². The summed E-state index contributed by atoms with van der Waals surface area (Å²) in [5.74, 6) is -0.363. The van der Waals surface area contributed by atoms with Crippen molar-refractivity contribution in [1.29, 1.82) is 0 Å². The summed E-state index contributed by atoms with van der Waals surface area (Å²) in [4.78, 5) is 34.8.